The first-order chi connectivity index (χ1) is 8.36. The molecule has 0 aliphatic heterocycles. The van der Waals surface area contributed by atoms with Gasteiger partial charge in [-0.05, 0) is 15.9 Å². The molecule has 3 N–H and O–H groups in total. The summed E-state index contributed by atoms with van der Waals surface area (Å²) in [7, 11) is 1.21. The summed E-state index contributed by atoms with van der Waals surface area (Å²) in [6.45, 7) is 0. The van der Waals surface area contributed by atoms with Gasteiger partial charge in [0.1, 0.15) is 5.75 Å². The molecule has 0 fully saturated rings. The number of halogens is 2. The summed E-state index contributed by atoms with van der Waals surface area (Å²) >= 11 is 2.99. The molecule has 1 aromatic rings. The molecule has 7 nitrogen and oxygen atoms in total. The van der Waals surface area contributed by atoms with Crippen molar-refractivity contribution in [2.24, 2.45) is 5.73 Å². The number of nitro benzene ring substituents is 1. The van der Waals surface area contributed by atoms with Gasteiger partial charge in [-0.3, -0.25) is 14.9 Å². The highest BCUT2D eigenvalue weighted by Gasteiger charge is 2.21. The molecule has 1 rings (SSSR count). The summed E-state index contributed by atoms with van der Waals surface area (Å²) < 4.78 is 4.59. The van der Waals surface area contributed by atoms with E-state index in [9.17, 15) is 20.0 Å². The number of methoxy groups -OCH3 is 1. The molecule has 0 aliphatic rings. The number of hydrogen-bond acceptors (Lipinski definition) is 6. The molecule has 0 saturated carbocycles. The second-order valence-corrected chi connectivity index (χ2v) is 4.36. The largest absolute Gasteiger partial charge is 0.506 e. The second kappa shape index (κ2) is 7.27. The molecule has 106 valence electrons. The topological polar surface area (TPSA) is 116 Å². The lowest BCUT2D eigenvalue weighted by Crippen LogP contribution is -2.16. The van der Waals surface area contributed by atoms with Crippen molar-refractivity contribution in [1.82, 2.24) is 0 Å². The maximum absolute atomic E-state index is 11.1. The molecular weight excluding hydrogens is 343 g/mol. The van der Waals surface area contributed by atoms with Crippen LogP contribution in [0.15, 0.2) is 16.6 Å². The van der Waals surface area contributed by atoms with Gasteiger partial charge in [0.25, 0.3) is 5.69 Å². The first kappa shape index (κ1) is 17.6. The zero-order chi connectivity index (χ0) is 13.9. The van der Waals surface area contributed by atoms with Gasteiger partial charge >= 0.3 is 5.97 Å². The smallest absolute Gasteiger partial charge is 0.307 e. The van der Waals surface area contributed by atoms with E-state index in [1.807, 2.05) is 0 Å². The standard InChI is InChI=1S/C10H11BrN2O5.ClH/c1-18-9(14)4-8(12)6-2-5(13(16)17)3-7(11)10(6)15;/h2-3,8,15H,4,12H2,1H3;1H/t8-;/m0./s1. The molecule has 0 radical (unpaired) electrons. The van der Waals surface area contributed by atoms with Crippen molar-refractivity contribution in [1.29, 1.82) is 0 Å². The van der Waals surface area contributed by atoms with Crippen LogP contribution in [0.5, 0.6) is 5.75 Å². The van der Waals surface area contributed by atoms with Crippen molar-refractivity contribution >= 4 is 40.0 Å². The Morgan fingerprint density at radius 1 is 1.63 bits per heavy atom. The molecule has 1 atom stereocenters. The normalized spacial score (nSPS) is 11.3. The fraction of sp³-hybridized carbons (Fsp3) is 0.300. The Hall–Kier alpha value is -1.38. The molecule has 0 unspecified atom stereocenters. The lowest BCUT2D eigenvalue weighted by Gasteiger charge is -2.13. The van der Waals surface area contributed by atoms with Crippen LogP contribution >= 0.6 is 28.3 Å². The van der Waals surface area contributed by atoms with E-state index in [4.69, 9.17) is 5.73 Å². The summed E-state index contributed by atoms with van der Waals surface area (Å²) in [5, 5.41) is 20.4. The first-order valence-electron chi connectivity index (χ1n) is 4.86. The molecular formula is C10H12BrClN2O5. The van der Waals surface area contributed by atoms with E-state index >= 15 is 0 Å². The molecule has 0 aliphatic carbocycles. The SMILES string of the molecule is COC(=O)C[C@H](N)c1cc([N+](=O)[O-])cc(Br)c1O.Cl. The van der Waals surface area contributed by atoms with E-state index in [2.05, 4.69) is 20.7 Å². The van der Waals surface area contributed by atoms with Gasteiger partial charge in [-0.1, -0.05) is 0 Å². The van der Waals surface area contributed by atoms with Crippen LogP contribution in [0.25, 0.3) is 0 Å². The van der Waals surface area contributed by atoms with Crippen LogP contribution in [0.4, 0.5) is 5.69 Å². The van der Waals surface area contributed by atoms with Gasteiger partial charge in [-0.25, -0.2) is 0 Å². The third-order valence-corrected chi connectivity index (χ3v) is 2.91. The number of rotatable bonds is 4. The molecule has 0 saturated heterocycles. The molecule has 9 heteroatoms. The maximum Gasteiger partial charge on any atom is 0.307 e. The average Bonchev–Trinajstić information content (AvgIpc) is 2.31. The van der Waals surface area contributed by atoms with Gasteiger partial charge in [0.2, 0.25) is 0 Å². The Bertz CT molecular complexity index is 497. The number of non-ortho nitro benzene ring substituents is 1. The second-order valence-electron chi connectivity index (χ2n) is 3.51. The molecule has 0 bridgehead atoms. The van der Waals surface area contributed by atoms with Crippen LogP contribution in [0.3, 0.4) is 0 Å². The zero-order valence-corrected chi connectivity index (χ0v) is 12.2. The highest BCUT2D eigenvalue weighted by Crippen LogP contribution is 2.36. The van der Waals surface area contributed by atoms with E-state index in [1.54, 1.807) is 0 Å². The van der Waals surface area contributed by atoms with Gasteiger partial charge in [0.15, 0.2) is 0 Å². The molecule has 0 spiro atoms. The highest BCUT2D eigenvalue weighted by atomic mass is 79.9. The number of benzene rings is 1. The average molecular weight is 356 g/mol. The maximum atomic E-state index is 11.1. The van der Waals surface area contributed by atoms with Gasteiger partial charge in [0.05, 0.1) is 22.9 Å². The van der Waals surface area contributed by atoms with Crippen molar-refractivity contribution in [3.63, 3.8) is 0 Å². The van der Waals surface area contributed by atoms with Crippen LogP contribution in [0, 0.1) is 10.1 Å². The number of ether oxygens (including phenoxy) is 1. The number of aromatic hydroxyl groups is 1. The van der Waals surface area contributed by atoms with Crippen molar-refractivity contribution in [2.45, 2.75) is 12.5 Å². The summed E-state index contributed by atoms with van der Waals surface area (Å²) in [5.41, 5.74) is 5.59. The van der Waals surface area contributed by atoms with Gasteiger partial charge in [-0.15, -0.1) is 12.4 Å². The van der Waals surface area contributed by atoms with Crippen molar-refractivity contribution in [3.05, 3.63) is 32.3 Å². The third kappa shape index (κ3) is 4.34. The first-order valence-corrected chi connectivity index (χ1v) is 5.65. The monoisotopic (exact) mass is 354 g/mol. The Labute approximate surface area is 123 Å². The summed E-state index contributed by atoms with van der Waals surface area (Å²) in [5.74, 6) is -0.790. The van der Waals surface area contributed by atoms with Crippen molar-refractivity contribution in [3.8, 4) is 5.75 Å². The Balaban J connectivity index is 0.00000324. The molecule has 19 heavy (non-hydrogen) atoms. The van der Waals surface area contributed by atoms with Crippen LogP contribution < -0.4 is 5.73 Å². The number of esters is 1. The van der Waals surface area contributed by atoms with Crippen molar-refractivity contribution < 1.29 is 19.6 Å². The summed E-state index contributed by atoms with van der Waals surface area (Å²) in [6, 6.07) is 1.41. The number of phenols is 1. The van der Waals surface area contributed by atoms with E-state index in [1.165, 1.54) is 7.11 Å². The Kier molecular flexibility index (Phi) is 6.74. The minimum Gasteiger partial charge on any atom is -0.506 e. The lowest BCUT2D eigenvalue weighted by molar-refractivity contribution is -0.385. The van der Waals surface area contributed by atoms with E-state index in [0.29, 0.717) is 0 Å². The molecule has 0 heterocycles. The number of nitrogens with two attached hydrogens (primary N) is 1. The summed E-state index contributed by atoms with van der Waals surface area (Å²) in [6.07, 6.45) is -0.183. The quantitative estimate of drug-likeness (QED) is 0.485. The van der Waals surface area contributed by atoms with Crippen LogP contribution in [0.2, 0.25) is 0 Å². The molecule has 0 amide bonds. The number of phenolic OH excluding ortho intramolecular Hbond substituents is 1. The predicted molar refractivity (Wildman–Crippen MR) is 73.3 cm³/mol. The fourth-order valence-electron chi connectivity index (χ4n) is 1.37. The van der Waals surface area contributed by atoms with E-state index < -0.39 is 16.9 Å². The van der Waals surface area contributed by atoms with Crippen molar-refractivity contribution in [2.75, 3.05) is 7.11 Å². The van der Waals surface area contributed by atoms with Gasteiger partial charge < -0.3 is 15.6 Å². The fourth-order valence-corrected chi connectivity index (χ4v) is 1.83. The van der Waals surface area contributed by atoms with Gasteiger partial charge in [-0.2, -0.15) is 0 Å². The third-order valence-electron chi connectivity index (χ3n) is 2.30. The number of carbonyl (C=O) groups excluding carboxylic acids is 1. The molecule has 0 aromatic heterocycles. The number of carbonyl (C=O) groups is 1. The van der Waals surface area contributed by atoms with Crippen LogP contribution in [-0.2, 0) is 9.53 Å². The molecule has 1 aromatic carbocycles. The Morgan fingerprint density at radius 2 is 2.21 bits per heavy atom. The van der Waals surface area contributed by atoms with E-state index in [-0.39, 0.29) is 40.3 Å². The Morgan fingerprint density at radius 3 is 2.68 bits per heavy atom. The minimum atomic E-state index is -0.881. The highest BCUT2D eigenvalue weighted by molar-refractivity contribution is 9.10. The number of nitro groups is 1. The van der Waals surface area contributed by atoms with Crippen LogP contribution in [0.1, 0.15) is 18.0 Å². The summed E-state index contributed by atoms with van der Waals surface area (Å²) in [4.78, 5) is 21.2. The minimum absolute atomic E-state index is 0. The van der Waals surface area contributed by atoms with Crippen LogP contribution in [-0.4, -0.2) is 23.1 Å². The van der Waals surface area contributed by atoms with Gasteiger partial charge in [0, 0.05) is 23.7 Å². The predicted octanol–water partition coefficient (Wildman–Crippen LogP) is 2.05. The van der Waals surface area contributed by atoms with E-state index in [0.717, 1.165) is 12.1 Å². The lowest BCUT2D eigenvalue weighted by atomic mass is 10.0. The zero-order valence-electron chi connectivity index (χ0n) is 9.83. The number of hydrogen-bond donors (Lipinski definition) is 2. The number of nitrogens with zero attached hydrogens (tertiary/aromatic N) is 1.